The lowest BCUT2D eigenvalue weighted by atomic mass is 10.1. The summed E-state index contributed by atoms with van der Waals surface area (Å²) in [4.78, 5) is 18.9. The molecule has 0 spiro atoms. The van der Waals surface area contributed by atoms with Gasteiger partial charge in [0.15, 0.2) is 0 Å². The number of benzene rings is 1. The van der Waals surface area contributed by atoms with Crippen LogP contribution in [-0.4, -0.2) is 39.6 Å². The molecule has 0 unspecified atom stereocenters. The maximum atomic E-state index is 12.9. The molecule has 1 amide bonds. The van der Waals surface area contributed by atoms with Gasteiger partial charge < -0.3 is 4.90 Å². The normalized spacial score (nSPS) is 10.6. The van der Waals surface area contributed by atoms with E-state index in [9.17, 15) is 4.79 Å². The molecule has 122 valence electrons. The first-order chi connectivity index (χ1) is 11.7. The number of nitrogens with zero attached hydrogens (tertiary/aromatic N) is 3. The number of aryl methyl sites for hydroxylation is 1. The van der Waals surface area contributed by atoms with Crippen molar-refractivity contribution in [3.8, 4) is 11.3 Å². The number of rotatable bonds is 5. The highest BCUT2D eigenvalue weighted by Gasteiger charge is 2.22. The molecule has 0 aliphatic heterocycles. The second kappa shape index (κ2) is 7.08. The van der Waals surface area contributed by atoms with Crippen molar-refractivity contribution in [1.82, 2.24) is 20.1 Å². The van der Waals surface area contributed by atoms with Crippen molar-refractivity contribution < 1.29 is 4.79 Å². The molecular weight excluding hydrogens is 300 g/mol. The molecule has 3 aromatic rings. The van der Waals surface area contributed by atoms with E-state index in [1.807, 2.05) is 62.5 Å². The lowest BCUT2D eigenvalue weighted by Crippen LogP contribution is -2.29. The van der Waals surface area contributed by atoms with E-state index in [0.717, 1.165) is 23.4 Å². The Morgan fingerprint density at radius 2 is 1.88 bits per heavy atom. The average Bonchev–Trinajstić information content (AvgIpc) is 3.02. The Balaban J connectivity index is 1.78. The molecule has 0 fully saturated rings. The molecule has 0 aliphatic carbocycles. The number of hydrogen-bond donors (Lipinski definition) is 1. The number of pyridine rings is 1. The number of nitrogens with one attached hydrogen (secondary N) is 1. The third kappa shape index (κ3) is 3.35. The van der Waals surface area contributed by atoms with Gasteiger partial charge in [-0.2, -0.15) is 5.10 Å². The summed E-state index contributed by atoms with van der Waals surface area (Å²) in [7, 11) is 1.81. The summed E-state index contributed by atoms with van der Waals surface area (Å²) in [6, 6.07) is 15.6. The molecule has 1 N–H and O–H groups in total. The summed E-state index contributed by atoms with van der Waals surface area (Å²) in [6.07, 6.45) is 2.49. The van der Waals surface area contributed by atoms with E-state index in [1.54, 1.807) is 11.1 Å². The first kappa shape index (κ1) is 15.9. The van der Waals surface area contributed by atoms with E-state index < -0.39 is 0 Å². The van der Waals surface area contributed by atoms with Gasteiger partial charge in [-0.1, -0.05) is 36.4 Å². The Morgan fingerprint density at radius 3 is 2.58 bits per heavy atom. The van der Waals surface area contributed by atoms with E-state index in [4.69, 9.17) is 0 Å². The second-order valence-electron chi connectivity index (χ2n) is 5.74. The highest BCUT2D eigenvalue weighted by atomic mass is 16.2. The van der Waals surface area contributed by atoms with Gasteiger partial charge in [0, 0.05) is 43.2 Å². The van der Waals surface area contributed by atoms with Crippen LogP contribution in [0.5, 0.6) is 0 Å². The summed E-state index contributed by atoms with van der Waals surface area (Å²) >= 11 is 0. The predicted molar refractivity (Wildman–Crippen MR) is 93.7 cm³/mol. The van der Waals surface area contributed by atoms with Crippen LogP contribution in [0.15, 0.2) is 54.7 Å². The SMILES string of the molecule is Cc1[nH]nc(-c2ccccc2)c1C(=O)N(C)CCc1ccccn1. The molecular formula is C19H20N4O. The summed E-state index contributed by atoms with van der Waals surface area (Å²) in [5.74, 6) is -0.0314. The van der Waals surface area contributed by atoms with Crippen LogP contribution in [0.1, 0.15) is 21.7 Å². The Labute approximate surface area is 141 Å². The number of aromatic amines is 1. The maximum Gasteiger partial charge on any atom is 0.257 e. The van der Waals surface area contributed by atoms with E-state index in [1.165, 1.54) is 0 Å². The van der Waals surface area contributed by atoms with Gasteiger partial charge in [0.2, 0.25) is 0 Å². The number of carbonyl (C=O) groups excluding carboxylic acids is 1. The zero-order valence-electron chi connectivity index (χ0n) is 13.9. The smallest absolute Gasteiger partial charge is 0.257 e. The standard InChI is InChI=1S/C19H20N4O/c1-14-17(18(22-21-14)15-8-4-3-5-9-15)19(24)23(2)13-11-16-10-6-7-12-20-16/h3-10,12H,11,13H2,1-2H3,(H,21,22). The van der Waals surface area contributed by atoms with E-state index in [2.05, 4.69) is 15.2 Å². The van der Waals surface area contributed by atoms with Crippen LogP contribution in [0.25, 0.3) is 11.3 Å². The third-order valence-corrected chi connectivity index (χ3v) is 3.98. The number of carbonyl (C=O) groups is 1. The Bertz CT molecular complexity index is 812. The van der Waals surface area contributed by atoms with Crippen molar-refractivity contribution in [2.45, 2.75) is 13.3 Å². The molecule has 0 bridgehead atoms. The Morgan fingerprint density at radius 1 is 1.12 bits per heavy atom. The summed E-state index contributed by atoms with van der Waals surface area (Å²) in [6.45, 7) is 2.48. The molecule has 1 aromatic carbocycles. The maximum absolute atomic E-state index is 12.9. The van der Waals surface area contributed by atoms with Crippen molar-refractivity contribution in [1.29, 1.82) is 0 Å². The predicted octanol–water partition coefficient (Wildman–Crippen LogP) is 3.09. The fourth-order valence-corrected chi connectivity index (χ4v) is 2.62. The molecule has 0 saturated carbocycles. The minimum atomic E-state index is -0.0314. The number of amides is 1. The lowest BCUT2D eigenvalue weighted by Gasteiger charge is -2.17. The zero-order valence-corrected chi connectivity index (χ0v) is 13.9. The molecule has 0 radical (unpaired) electrons. The van der Waals surface area contributed by atoms with Gasteiger partial charge in [-0.25, -0.2) is 0 Å². The molecule has 5 heteroatoms. The molecule has 2 aromatic heterocycles. The fourth-order valence-electron chi connectivity index (χ4n) is 2.62. The van der Waals surface area contributed by atoms with Crippen molar-refractivity contribution in [2.24, 2.45) is 0 Å². The zero-order chi connectivity index (χ0) is 16.9. The highest BCUT2D eigenvalue weighted by molar-refractivity contribution is 6.00. The minimum Gasteiger partial charge on any atom is -0.341 e. The molecule has 0 aliphatic rings. The first-order valence-corrected chi connectivity index (χ1v) is 7.92. The van der Waals surface area contributed by atoms with Gasteiger partial charge in [-0.15, -0.1) is 0 Å². The molecule has 0 atom stereocenters. The van der Waals surface area contributed by atoms with Crippen molar-refractivity contribution in [3.63, 3.8) is 0 Å². The largest absolute Gasteiger partial charge is 0.341 e. The average molecular weight is 320 g/mol. The number of hydrogen-bond acceptors (Lipinski definition) is 3. The van der Waals surface area contributed by atoms with Crippen molar-refractivity contribution in [2.75, 3.05) is 13.6 Å². The molecule has 0 saturated heterocycles. The van der Waals surface area contributed by atoms with Crippen LogP contribution in [0.3, 0.4) is 0 Å². The molecule has 3 rings (SSSR count). The summed E-state index contributed by atoms with van der Waals surface area (Å²) in [5, 5.41) is 7.26. The van der Waals surface area contributed by atoms with E-state index >= 15 is 0 Å². The van der Waals surface area contributed by atoms with Crippen LogP contribution in [0.2, 0.25) is 0 Å². The van der Waals surface area contributed by atoms with Crippen molar-refractivity contribution >= 4 is 5.91 Å². The van der Waals surface area contributed by atoms with Crippen LogP contribution in [0, 0.1) is 6.92 Å². The van der Waals surface area contributed by atoms with Gasteiger partial charge >= 0.3 is 0 Å². The van der Waals surface area contributed by atoms with Crippen LogP contribution < -0.4 is 0 Å². The number of H-pyrrole nitrogens is 1. The van der Waals surface area contributed by atoms with Crippen LogP contribution >= 0.6 is 0 Å². The molecule has 2 heterocycles. The Kier molecular flexibility index (Phi) is 4.70. The third-order valence-electron chi connectivity index (χ3n) is 3.98. The molecule has 5 nitrogen and oxygen atoms in total. The van der Waals surface area contributed by atoms with E-state index in [0.29, 0.717) is 17.8 Å². The second-order valence-corrected chi connectivity index (χ2v) is 5.74. The number of likely N-dealkylation sites (N-methyl/N-ethyl adjacent to an activating group) is 1. The Hall–Kier alpha value is -2.95. The van der Waals surface area contributed by atoms with E-state index in [-0.39, 0.29) is 5.91 Å². The highest BCUT2D eigenvalue weighted by Crippen LogP contribution is 2.24. The summed E-state index contributed by atoms with van der Waals surface area (Å²) < 4.78 is 0. The van der Waals surface area contributed by atoms with Crippen LogP contribution in [-0.2, 0) is 6.42 Å². The quantitative estimate of drug-likeness (QED) is 0.786. The van der Waals surface area contributed by atoms with Gasteiger partial charge in [0.25, 0.3) is 5.91 Å². The summed E-state index contributed by atoms with van der Waals surface area (Å²) in [5.41, 5.74) is 4.02. The molecule has 24 heavy (non-hydrogen) atoms. The monoisotopic (exact) mass is 320 g/mol. The van der Waals surface area contributed by atoms with Crippen LogP contribution in [0.4, 0.5) is 0 Å². The van der Waals surface area contributed by atoms with Gasteiger partial charge in [-0.05, 0) is 19.1 Å². The minimum absolute atomic E-state index is 0.0314. The topological polar surface area (TPSA) is 61.9 Å². The first-order valence-electron chi connectivity index (χ1n) is 7.92. The van der Waals surface area contributed by atoms with Gasteiger partial charge in [0.05, 0.1) is 5.56 Å². The van der Waals surface area contributed by atoms with Crippen molar-refractivity contribution in [3.05, 3.63) is 71.7 Å². The fraction of sp³-hybridized carbons (Fsp3) is 0.211. The van der Waals surface area contributed by atoms with Gasteiger partial charge in [0.1, 0.15) is 5.69 Å². The van der Waals surface area contributed by atoms with Gasteiger partial charge in [-0.3, -0.25) is 14.9 Å². The number of aromatic nitrogens is 3. The lowest BCUT2D eigenvalue weighted by molar-refractivity contribution is 0.0796.